The summed E-state index contributed by atoms with van der Waals surface area (Å²) in [5.41, 5.74) is 2.20. The number of nitrogens with one attached hydrogen (secondary N) is 1. The molecular formula is C20H19ClN2O4S. The number of nitrogens with zero attached hydrogens (tertiary/aromatic N) is 1. The van der Waals surface area contributed by atoms with Gasteiger partial charge in [0.05, 0.1) is 37.5 Å². The van der Waals surface area contributed by atoms with Crippen molar-refractivity contribution in [2.45, 2.75) is 6.92 Å². The van der Waals surface area contributed by atoms with Crippen molar-refractivity contribution in [1.82, 2.24) is 5.32 Å². The molecule has 1 N–H and O–H groups in total. The first-order valence-corrected chi connectivity index (χ1v) is 9.51. The molecule has 146 valence electrons. The molecule has 1 aliphatic heterocycles. The number of carbonyl (C=O) groups excluding carboxylic acids is 1. The average Bonchev–Trinajstić information content (AvgIpc) is 3.04. The third-order valence-electron chi connectivity index (χ3n) is 4.14. The monoisotopic (exact) mass is 418 g/mol. The van der Waals surface area contributed by atoms with E-state index < -0.39 is 0 Å². The summed E-state index contributed by atoms with van der Waals surface area (Å²) in [5.74, 6) is 1.42. The molecule has 6 nitrogen and oxygen atoms in total. The Morgan fingerprint density at radius 3 is 2.39 bits per heavy atom. The molecule has 1 fully saturated rings. The molecule has 0 atom stereocenters. The molecule has 0 unspecified atom stereocenters. The van der Waals surface area contributed by atoms with Gasteiger partial charge in [-0.2, -0.15) is 0 Å². The predicted octanol–water partition coefficient (Wildman–Crippen LogP) is 4.57. The van der Waals surface area contributed by atoms with Crippen molar-refractivity contribution in [3.63, 3.8) is 0 Å². The number of aliphatic imine (C=N–C) groups is 1. The van der Waals surface area contributed by atoms with Gasteiger partial charge in [0.25, 0.3) is 5.91 Å². The maximum Gasteiger partial charge on any atom is 0.264 e. The summed E-state index contributed by atoms with van der Waals surface area (Å²) in [7, 11) is 4.66. The second kappa shape index (κ2) is 8.58. The lowest BCUT2D eigenvalue weighted by Gasteiger charge is -2.12. The lowest BCUT2D eigenvalue weighted by molar-refractivity contribution is -0.115. The van der Waals surface area contributed by atoms with Crippen molar-refractivity contribution in [3.8, 4) is 17.2 Å². The summed E-state index contributed by atoms with van der Waals surface area (Å²) in [6, 6.07) is 8.93. The first kappa shape index (κ1) is 20.1. The minimum Gasteiger partial charge on any atom is -0.496 e. The quantitative estimate of drug-likeness (QED) is 0.720. The van der Waals surface area contributed by atoms with Crippen LogP contribution in [-0.4, -0.2) is 32.4 Å². The number of methoxy groups -OCH3 is 3. The third kappa shape index (κ3) is 4.10. The molecule has 2 aromatic carbocycles. The summed E-state index contributed by atoms with van der Waals surface area (Å²) in [5, 5.41) is 3.88. The molecular weight excluding hydrogens is 400 g/mol. The Morgan fingerprint density at radius 2 is 1.79 bits per heavy atom. The smallest absolute Gasteiger partial charge is 0.264 e. The first-order chi connectivity index (χ1) is 13.5. The minimum absolute atomic E-state index is 0.247. The Kier molecular flexibility index (Phi) is 6.16. The number of rotatable bonds is 5. The lowest BCUT2D eigenvalue weighted by atomic mass is 10.1. The largest absolute Gasteiger partial charge is 0.496 e. The van der Waals surface area contributed by atoms with Gasteiger partial charge in [-0.1, -0.05) is 17.7 Å². The van der Waals surface area contributed by atoms with Crippen molar-refractivity contribution in [3.05, 3.63) is 51.4 Å². The number of hydrogen-bond acceptors (Lipinski definition) is 6. The summed E-state index contributed by atoms with van der Waals surface area (Å²) in [6.07, 6.45) is 1.71. The SMILES string of the molecule is COc1cc(OC)c(/C=C2\SC(=Nc3cccc(Cl)c3C)NC2=O)c(OC)c1. The molecule has 8 heteroatoms. The molecule has 0 saturated carbocycles. The molecule has 0 aromatic heterocycles. The summed E-state index contributed by atoms with van der Waals surface area (Å²) >= 11 is 7.38. The molecule has 1 aliphatic rings. The second-order valence-corrected chi connectivity index (χ2v) is 7.25. The molecule has 0 aliphatic carbocycles. The van der Waals surface area contributed by atoms with Gasteiger partial charge >= 0.3 is 0 Å². The van der Waals surface area contributed by atoms with Crippen LogP contribution in [0.5, 0.6) is 17.2 Å². The molecule has 2 aromatic rings. The van der Waals surface area contributed by atoms with E-state index in [0.717, 1.165) is 5.56 Å². The highest BCUT2D eigenvalue weighted by Crippen LogP contribution is 2.38. The maximum absolute atomic E-state index is 12.4. The number of thioether (sulfide) groups is 1. The Balaban J connectivity index is 1.97. The van der Waals surface area contributed by atoms with Gasteiger partial charge in [-0.05, 0) is 42.5 Å². The van der Waals surface area contributed by atoms with Gasteiger partial charge in [-0.25, -0.2) is 4.99 Å². The average molecular weight is 419 g/mol. The van der Waals surface area contributed by atoms with E-state index >= 15 is 0 Å². The molecule has 28 heavy (non-hydrogen) atoms. The van der Waals surface area contributed by atoms with E-state index in [-0.39, 0.29) is 5.91 Å². The van der Waals surface area contributed by atoms with Crippen LogP contribution in [0, 0.1) is 6.92 Å². The number of halogens is 1. The number of ether oxygens (including phenoxy) is 3. The van der Waals surface area contributed by atoms with Gasteiger partial charge in [-0.3, -0.25) is 4.79 Å². The zero-order chi connectivity index (χ0) is 20.3. The first-order valence-electron chi connectivity index (χ1n) is 8.31. The van der Waals surface area contributed by atoms with Crippen molar-refractivity contribution >= 4 is 46.2 Å². The number of amides is 1. The van der Waals surface area contributed by atoms with Crippen molar-refractivity contribution in [2.75, 3.05) is 21.3 Å². The number of benzene rings is 2. The van der Waals surface area contributed by atoms with Crippen LogP contribution in [-0.2, 0) is 4.79 Å². The normalized spacial score (nSPS) is 16.4. The Bertz CT molecular complexity index is 963. The van der Waals surface area contributed by atoms with Crippen molar-refractivity contribution < 1.29 is 19.0 Å². The Labute approximate surface area is 172 Å². The van der Waals surface area contributed by atoms with Gasteiger partial charge in [0.15, 0.2) is 5.17 Å². The number of hydrogen-bond donors (Lipinski definition) is 1. The minimum atomic E-state index is -0.247. The second-order valence-electron chi connectivity index (χ2n) is 5.81. The van der Waals surface area contributed by atoms with Gasteiger partial charge < -0.3 is 19.5 Å². The zero-order valence-corrected chi connectivity index (χ0v) is 17.4. The van der Waals surface area contributed by atoms with E-state index in [1.165, 1.54) is 11.8 Å². The van der Waals surface area contributed by atoms with Crippen LogP contribution in [0.25, 0.3) is 6.08 Å². The molecule has 0 radical (unpaired) electrons. The van der Waals surface area contributed by atoms with Crippen molar-refractivity contribution in [2.24, 2.45) is 4.99 Å². The van der Waals surface area contributed by atoms with Gasteiger partial charge in [0.2, 0.25) is 0 Å². The van der Waals surface area contributed by atoms with Crippen LogP contribution < -0.4 is 19.5 Å². The highest BCUT2D eigenvalue weighted by atomic mass is 35.5. The van der Waals surface area contributed by atoms with Crippen LogP contribution in [0.3, 0.4) is 0 Å². The standard InChI is InChI=1S/C20H19ClN2O4S/c1-11-14(21)6-5-7-15(11)22-20-23-19(24)18(28-20)10-13-16(26-3)8-12(25-2)9-17(13)27-4/h5-10H,1-4H3,(H,22,23,24)/b18-10-. The van der Waals surface area contributed by atoms with Crippen LogP contribution >= 0.6 is 23.4 Å². The van der Waals surface area contributed by atoms with Crippen LogP contribution in [0.4, 0.5) is 5.69 Å². The Hall–Kier alpha value is -2.64. The van der Waals surface area contributed by atoms with Gasteiger partial charge in [0.1, 0.15) is 17.2 Å². The fourth-order valence-corrected chi connectivity index (χ4v) is 3.60. The van der Waals surface area contributed by atoms with E-state index in [2.05, 4.69) is 10.3 Å². The molecule has 1 heterocycles. The fourth-order valence-electron chi connectivity index (χ4n) is 2.61. The van der Waals surface area contributed by atoms with E-state index in [9.17, 15) is 4.79 Å². The van der Waals surface area contributed by atoms with E-state index in [1.54, 1.807) is 45.6 Å². The van der Waals surface area contributed by atoms with Crippen LogP contribution in [0.15, 0.2) is 40.2 Å². The summed E-state index contributed by atoms with van der Waals surface area (Å²) < 4.78 is 16.1. The molecule has 3 rings (SSSR count). The number of amidine groups is 1. The topological polar surface area (TPSA) is 69.2 Å². The predicted molar refractivity (Wildman–Crippen MR) is 113 cm³/mol. The molecule has 1 saturated heterocycles. The van der Waals surface area contributed by atoms with Crippen LogP contribution in [0.2, 0.25) is 5.02 Å². The van der Waals surface area contributed by atoms with Gasteiger partial charge in [-0.15, -0.1) is 0 Å². The number of carbonyl (C=O) groups is 1. The fraction of sp³-hybridized carbons (Fsp3) is 0.200. The van der Waals surface area contributed by atoms with Crippen LogP contribution in [0.1, 0.15) is 11.1 Å². The lowest BCUT2D eigenvalue weighted by Crippen LogP contribution is -2.19. The van der Waals surface area contributed by atoms with E-state index in [1.807, 2.05) is 19.1 Å². The maximum atomic E-state index is 12.4. The van der Waals surface area contributed by atoms with Gasteiger partial charge in [0, 0.05) is 17.2 Å². The van der Waals surface area contributed by atoms with E-state index in [4.69, 9.17) is 25.8 Å². The third-order valence-corrected chi connectivity index (χ3v) is 5.46. The molecule has 0 spiro atoms. The summed E-state index contributed by atoms with van der Waals surface area (Å²) in [6.45, 7) is 1.88. The van der Waals surface area contributed by atoms with E-state index in [0.29, 0.717) is 43.6 Å². The highest BCUT2D eigenvalue weighted by molar-refractivity contribution is 8.18. The molecule has 0 bridgehead atoms. The van der Waals surface area contributed by atoms with Crippen molar-refractivity contribution in [1.29, 1.82) is 0 Å². The highest BCUT2D eigenvalue weighted by Gasteiger charge is 2.25. The molecule has 1 amide bonds. The Morgan fingerprint density at radius 1 is 1.11 bits per heavy atom. The summed E-state index contributed by atoms with van der Waals surface area (Å²) in [4.78, 5) is 17.4. The zero-order valence-electron chi connectivity index (χ0n) is 15.8.